The number of hydrogen-bond donors (Lipinski definition) is 4. The Morgan fingerprint density at radius 1 is 0.721 bits per heavy atom. The van der Waals surface area contributed by atoms with Gasteiger partial charge in [0, 0.05) is 12.8 Å². The summed E-state index contributed by atoms with van der Waals surface area (Å²) in [6.45, 7) is 0.575. The van der Waals surface area contributed by atoms with E-state index >= 15 is 0 Å². The molecule has 4 N–H and O–H groups in total. The molecule has 4 rings (SSSR count). The number of rotatable bonds is 12. The predicted octanol–water partition coefficient (Wildman–Crippen LogP) is 4.18. The minimum absolute atomic E-state index is 0.0274. The van der Waals surface area contributed by atoms with E-state index in [2.05, 4.69) is 96.3 Å². The fourth-order valence-electron chi connectivity index (χ4n) is 4.95. The molecule has 0 fully saturated rings. The van der Waals surface area contributed by atoms with E-state index in [9.17, 15) is 20.1 Å². The van der Waals surface area contributed by atoms with Crippen LogP contribution in [0, 0.1) is 0 Å². The van der Waals surface area contributed by atoms with Crippen LogP contribution in [-0.2, 0) is 21.3 Å². The zero-order valence-electron chi connectivity index (χ0n) is 24.1. The highest BCUT2D eigenvalue weighted by molar-refractivity contribution is 7.95. The Kier molecular flexibility index (Phi) is 12.6. The number of carbonyl (C=O) groups excluding carboxylic acids is 1. The van der Waals surface area contributed by atoms with Crippen LogP contribution >= 0.6 is 7.26 Å². The number of aromatic hydroxyl groups is 3. The molecule has 8 nitrogen and oxygen atoms in total. The van der Waals surface area contributed by atoms with Crippen LogP contribution in [0.4, 0.5) is 0 Å². The van der Waals surface area contributed by atoms with E-state index in [1.54, 1.807) is 0 Å². The van der Waals surface area contributed by atoms with Crippen molar-refractivity contribution < 1.29 is 33.1 Å². The fraction of sp³-hybridized carbons (Fsp3) is 0.242. The van der Waals surface area contributed by atoms with Crippen molar-refractivity contribution in [3.8, 4) is 17.2 Å². The van der Waals surface area contributed by atoms with Crippen LogP contribution in [0.1, 0.15) is 31.2 Å². The molecule has 10 heteroatoms. The number of phenolic OH excluding ortho intramolecular Hbond substituents is 3. The van der Waals surface area contributed by atoms with Crippen molar-refractivity contribution in [3.05, 3.63) is 109 Å². The van der Waals surface area contributed by atoms with Gasteiger partial charge in [0.1, 0.15) is 23.2 Å². The van der Waals surface area contributed by atoms with E-state index in [4.69, 9.17) is 13.0 Å². The van der Waals surface area contributed by atoms with Crippen molar-refractivity contribution in [2.75, 3.05) is 19.0 Å². The Bertz CT molecular complexity index is 1420. The van der Waals surface area contributed by atoms with Crippen molar-refractivity contribution in [3.63, 3.8) is 0 Å². The second kappa shape index (κ2) is 16.1. The first kappa shape index (κ1) is 33.6. The molecular formula is C33H38NO7PS. The van der Waals surface area contributed by atoms with Gasteiger partial charge in [-0.05, 0) is 73.4 Å². The van der Waals surface area contributed by atoms with Crippen LogP contribution in [0.2, 0.25) is 0 Å². The van der Waals surface area contributed by atoms with Crippen molar-refractivity contribution in [2.45, 2.75) is 32.1 Å². The summed E-state index contributed by atoms with van der Waals surface area (Å²) in [6.07, 6.45) is 5.78. The van der Waals surface area contributed by atoms with Gasteiger partial charge in [0.2, 0.25) is 5.91 Å². The Morgan fingerprint density at radius 3 is 1.53 bits per heavy atom. The maximum Gasteiger partial charge on any atom is 0.224 e. The molecule has 4 aromatic carbocycles. The maximum atomic E-state index is 12.3. The number of carbonyl (C=O) groups is 1. The van der Waals surface area contributed by atoms with E-state index in [1.807, 2.05) is 0 Å². The summed E-state index contributed by atoms with van der Waals surface area (Å²) in [4.78, 5) is 12.3. The van der Waals surface area contributed by atoms with Gasteiger partial charge in [0.25, 0.3) is 0 Å². The third-order valence-electron chi connectivity index (χ3n) is 6.83. The number of benzene rings is 4. The van der Waals surface area contributed by atoms with Gasteiger partial charge in [-0.2, -0.15) is 0 Å². The average Bonchev–Trinajstić information content (AvgIpc) is 2.98. The number of amides is 1. The number of hydrogen-bond acceptors (Lipinski definition) is 7. The third-order valence-corrected chi connectivity index (χ3v) is 11.4. The average molecular weight is 624 g/mol. The zero-order chi connectivity index (χ0) is 31.3. The minimum atomic E-state index is -3.92. The predicted molar refractivity (Wildman–Crippen MR) is 172 cm³/mol. The molecule has 0 aliphatic carbocycles. The minimum Gasteiger partial charge on any atom is -0.748 e. The van der Waals surface area contributed by atoms with Crippen LogP contribution in [0.5, 0.6) is 17.2 Å². The summed E-state index contributed by atoms with van der Waals surface area (Å²) in [7, 11) is -5.72. The standard InChI is InChI=1S/C32H34NO4P.CH4O3S/c34-29-22-25(23-30(35)32(29)37)24-31(36)33-20-12-1-2-13-21-38(26-14-6-3-7-15-26,27-16-8-4-9-17-27)28-18-10-5-11-19-28;1-5(2,3)4/h3-11,14-19,22-23H,1-2,12-13,20-21,24H2,(H3-,33,34,35,36,37);1H3,(H,2,3,4). The van der Waals surface area contributed by atoms with Crippen LogP contribution in [0.3, 0.4) is 0 Å². The lowest BCUT2D eigenvalue weighted by Crippen LogP contribution is -2.33. The Balaban J connectivity index is 0.000000934. The van der Waals surface area contributed by atoms with Gasteiger partial charge in [0.05, 0.1) is 22.7 Å². The van der Waals surface area contributed by atoms with E-state index in [1.165, 1.54) is 28.0 Å². The second-order valence-corrected chi connectivity index (χ2v) is 15.2. The highest BCUT2D eigenvalue weighted by Crippen LogP contribution is 2.56. The van der Waals surface area contributed by atoms with Crippen molar-refractivity contribution >= 4 is 39.2 Å². The Morgan fingerprint density at radius 2 is 1.12 bits per heavy atom. The fourth-order valence-corrected chi connectivity index (χ4v) is 9.36. The molecule has 0 unspecified atom stereocenters. The molecule has 0 atom stereocenters. The van der Waals surface area contributed by atoms with Crippen molar-refractivity contribution in [1.82, 2.24) is 5.32 Å². The summed E-state index contributed by atoms with van der Waals surface area (Å²) in [5.41, 5.74) is 0.443. The highest BCUT2D eigenvalue weighted by atomic mass is 32.2. The summed E-state index contributed by atoms with van der Waals surface area (Å²) >= 11 is 0. The summed E-state index contributed by atoms with van der Waals surface area (Å²) < 4.78 is 27.2. The van der Waals surface area contributed by atoms with Gasteiger partial charge in [-0.3, -0.25) is 4.79 Å². The third kappa shape index (κ3) is 10.4. The molecule has 1 amide bonds. The lowest BCUT2D eigenvalue weighted by molar-refractivity contribution is -0.120. The topological polar surface area (TPSA) is 147 Å². The van der Waals surface area contributed by atoms with Crippen LogP contribution in [0.25, 0.3) is 0 Å². The summed E-state index contributed by atoms with van der Waals surface area (Å²) in [5, 5.41) is 35.8. The normalized spacial score (nSPS) is 11.3. The zero-order valence-corrected chi connectivity index (χ0v) is 25.8. The molecule has 0 saturated heterocycles. The molecule has 228 valence electrons. The van der Waals surface area contributed by atoms with Crippen LogP contribution < -0.4 is 21.2 Å². The van der Waals surface area contributed by atoms with Crippen LogP contribution in [-0.4, -0.2) is 53.2 Å². The molecular weight excluding hydrogens is 585 g/mol. The second-order valence-electron chi connectivity index (χ2n) is 10.2. The molecule has 4 aromatic rings. The van der Waals surface area contributed by atoms with E-state index < -0.39 is 34.6 Å². The first-order valence-corrected chi connectivity index (χ1v) is 17.8. The van der Waals surface area contributed by atoms with Gasteiger partial charge in [-0.15, -0.1) is 0 Å². The first-order chi connectivity index (χ1) is 20.5. The van der Waals surface area contributed by atoms with E-state index in [0.717, 1.165) is 31.8 Å². The SMILES string of the molecule is CS(=O)(=O)[O-].O=C(Cc1cc(O)c(O)c(O)c1)NCCCCCC[P+](c1ccccc1)(c1ccccc1)c1ccccc1. The number of phenols is 3. The molecule has 43 heavy (non-hydrogen) atoms. The van der Waals surface area contributed by atoms with Gasteiger partial charge in [0.15, 0.2) is 17.2 Å². The first-order valence-electron chi connectivity index (χ1n) is 14.0. The van der Waals surface area contributed by atoms with E-state index in [-0.39, 0.29) is 12.3 Å². The summed E-state index contributed by atoms with van der Waals surface area (Å²) in [5.74, 6) is -1.63. The maximum absolute atomic E-state index is 12.3. The molecule has 0 saturated carbocycles. The van der Waals surface area contributed by atoms with E-state index in [0.29, 0.717) is 18.4 Å². The molecule has 0 radical (unpaired) electrons. The van der Waals surface area contributed by atoms with Crippen molar-refractivity contribution in [2.24, 2.45) is 0 Å². The monoisotopic (exact) mass is 623 g/mol. The molecule has 0 bridgehead atoms. The van der Waals surface area contributed by atoms with Gasteiger partial charge in [-0.1, -0.05) is 61.0 Å². The van der Waals surface area contributed by atoms with Gasteiger partial charge in [-0.25, -0.2) is 8.42 Å². The molecule has 0 aliphatic heterocycles. The largest absolute Gasteiger partial charge is 0.748 e. The van der Waals surface area contributed by atoms with Gasteiger partial charge < -0.3 is 25.2 Å². The molecule has 0 aromatic heterocycles. The lowest BCUT2D eigenvalue weighted by atomic mass is 10.1. The molecule has 0 heterocycles. The smallest absolute Gasteiger partial charge is 0.224 e. The number of unbranched alkanes of at least 4 members (excludes halogenated alkanes) is 3. The Labute approximate surface area is 254 Å². The number of nitrogens with one attached hydrogen (secondary N) is 1. The molecule has 0 aliphatic rings. The quantitative estimate of drug-likeness (QED) is 0.0802. The molecule has 0 spiro atoms. The Hall–Kier alpha value is -3.91. The highest BCUT2D eigenvalue weighted by Gasteiger charge is 2.44. The van der Waals surface area contributed by atoms with Crippen molar-refractivity contribution in [1.29, 1.82) is 0 Å². The lowest BCUT2D eigenvalue weighted by Gasteiger charge is -2.27. The van der Waals surface area contributed by atoms with Gasteiger partial charge >= 0.3 is 0 Å². The van der Waals surface area contributed by atoms with Crippen LogP contribution in [0.15, 0.2) is 103 Å². The summed E-state index contributed by atoms with van der Waals surface area (Å²) in [6, 6.07) is 35.3.